The average Bonchev–Trinajstić information content (AvgIpc) is 2.62. The highest BCUT2D eigenvalue weighted by Gasteiger charge is 2.25. The average molecular weight is 353 g/mol. The summed E-state index contributed by atoms with van der Waals surface area (Å²) in [7, 11) is 1.76. The monoisotopic (exact) mass is 352 g/mol. The van der Waals surface area contributed by atoms with Crippen LogP contribution in [0.3, 0.4) is 0 Å². The third-order valence-corrected chi connectivity index (χ3v) is 5.37. The Morgan fingerprint density at radius 1 is 1.17 bits per heavy atom. The van der Waals surface area contributed by atoms with Crippen LogP contribution in [-0.4, -0.2) is 50.2 Å². The number of rotatable bonds is 3. The van der Waals surface area contributed by atoms with E-state index >= 15 is 0 Å². The van der Waals surface area contributed by atoms with E-state index in [1.807, 2.05) is 11.8 Å². The van der Waals surface area contributed by atoms with Crippen LogP contribution >= 0.6 is 12.4 Å². The minimum atomic E-state index is 0. The van der Waals surface area contributed by atoms with Crippen molar-refractivity contribution in [2.45, 2.75) is 44.6 Å². The summed E-state index contributed by atoms with van der Waals surface area (Å²) in [6.07, 6.45) is 4.51. The van der Waals surface area contributed by atoms with Gasteiger partial charge in [-0.1, -0.05) is 12.1 Å². The van der Waals surface area contributed by atoms with Gasteiger partial charge in [0, 0.05) is 25.8 Å². The quantitative estimate of drug-likeness (QED) is 0.908. The first-order valence-electron chi connectivity index (χ1n) is 8.82. The van der Waals surface area contributed by atoms with Crippen molar-refractivity contribution < 1.29 is 9.53 Å². The summed E-state index contributed by atoms with van der Waals surface area (Å²) in [4.78, 5) is 14.9. The van der Waals surface area contributed by atoms with Gasteiger partial charge in [0.25, 0.3) is 5.91 Å². The zero-order chi connectivity index (χ0) is 16.2. The van der Waals surface area contributed by atoms with E-state index < -0.39 is 0 Å². The molecule has 1 aromatic carbocycles. The summed E-state index contributed by atoms with van der Waals surface area (Å²) in [5, 5.41) is 3.41. The van der Waals surface area contributed by atoms with Crippen LogP contribution in [0, 0.1) is 6.92 Å². The van der Waals surface area contributed by atoms with Gasteiger partial charge >= 0.3 is 0 Å². The van der Waals surface area contributed by atoms with E-state index in [9.17, 15) is 4.79 Å². The van der Waals surface area contributed by atoms with Crippen molar-refractivity contribution in [2.24, 2.45) is 0 Å². The number of nitrogens with one attached hydrogen (secondary N) is 1. The number of hydrogen-bond donors (Lipinski definition) is 1. The number of aryl methyl sites for hydroxylation is 1. The molecular weight excluding hydrogens is 324 g/mol. The first-order chi connectivity index (χ1) is 11.2. The molecular formula is C19H29ClN2O2. The lowest BCUT2D eigenvalue weighted by Crippen LogP contribution is -2.40. The number of halogens is 1. The molecule has 0 aromatic heterocycles. The van der Waals surface area contributed by atoms with E-state index in [-0.39, 0.29) is 18.3 Å². The Morgan fingerprint density at radius 2 is 1.83 bits per heavy atom. The van der Waals surface area contributed by atoms with Crippen molar-refractivity contribution >= 4 is 18.3 Å². The van der Waals surface area contributed by atoms with Gasteiger partial charge in [0.15, 0.2) is 0 Å². The van der Waals surface area contributed by atoms with Crippen LogP contribution in [0.1, 0.15) is 53.1 Å². The number of hydrogen-bond acceptors (Lipinski definition) is 3. The second-order valence-electron chi connectivity index (χ2n) is 6.83. The SMILES string of the molecule is COC1CCN(C(=O)c2cc(C3CCNCC3)ccc2C)CC1.Cl. The smallest absolute Gasteiger partial charge is 0.254 e. The van der Waals surface area contributed by atoms with Crippen LogP contribution < -0.4 is 5.32 Å². The topological polar surface area (TPSA) is 41.6 Å². The van der Waals surface area contributed by atoms with Crippen LogP contribution in [0.5, 0.6) is 0 Å². The van der Waals surface area contributed by atoms with Crippen molar-refractivity contribution in [1.82, 2.24) is 10.2 Å². The standard InChI is InChI=1S/C19H28N2O2.ClH/c1-14-3-4-16(15-5-9-20-10-6-15)13-18(14)19(22)21-11-7-17(23-2)8-12-21;/h3-4,13,15,17,20H,5-12H2,1-2H3;1H. The molecule has 3 rings (SSSR count). The number of likely N-dealkylation sites (tertiary alicyclic amines) is 1. The lowest BCUT2D eigenvalue weighted by molar-refractivity contribution is 0.0350. The molecule has 1 aromatic rings. The van der Waals surface area contributed by atoms with Gasteiger partial charge in [0.2, 0.25) is 0 Å². The molecule has 0 aliphatic carbocycles. The number of carbonyl (C=O) groups excluding carboxylic acids is 1. The number of nitrogens with zero attached hydrogens (tertiary/aromatic N) is 1. The highest BCUT2D eigenvalue weighted by atomic mass is 35.5. The second-order valence-corrected chi connectivity index (χ2v) is 6.83. The minimum absolute atomic E-state index is 0. The summed E-state index contributed by atoms with van der Waals surface area (Å²) in [6, 6.07) is 6.47. The largest absolute Gasteiger partial charge is 0.381 e. The van der Waals surface area contributed by atoms with Gasteiger partial charge in [-0.05, 0) is 68.8 Å². The second kappa shape index (κ2) is 8.84. The molecule has 0 unspecified atom stereocenters. The molecule has 0 radical (unpaired) electrons. The Balaban J connectivity index is 0.00000208. The maximum Gasteiger partial charge on any atom is 0.254 e. The highest BCUT2D eigenvalue weighted by molar-refractivity contribution is 5.96. The van der Waals surface area contributed by atoms with Crippen molar-refractivity contribution in [3.63, 3.8) is 0 Å². The lowest BCUT2D eigenvalue weighted by atomic mass is 9.88. The van der Waals surface area contributed by atoms with Crippen LogP contribution in [0.2, 0.25) is 0 Å². The molecule has 2 aliphatic rings. The fraction of sp³-hybridized carbons (Fsp3) is 0.632. The number of amides is 1. The minimum Gasteiger partial charge on any atom is -0.381 e. The van der Waals surface area contributed by atoms with Gasteiger partial charge in [-0.15, -0.1) is 12.4 Å². The van der Waals surface area contributed by atoms with Gasteiger partial charge in [-0.3, -0.25) is 4.79 Å². The molecule has 4 nitrogen and oxygen atoms in total. The number of piperidine rings is 2. The molecule has 0 saturated carbocycles. The molecule has 0 bridgehead atoms. The lowest BCUT2D eigenvalue weighted by Gasteiger charge is -2.32. The highest BCUT2D eigenvalue weighted by Crippen LogP contribution is 2.28. The Labute approximate surface area is 151 Å². The molecule has 2 fully saturated rings. The maximum absolute atomic E-state index is 12.9. The predicted molar refractivity (Wildman–Crippen MR) is 99.2 cm³/mol. The third kappa shape index (κ3) is 4.29. The number of benzene rings is 1. The van der Waals surface area contributed by atoms with Crippen LogP contribution in [0.25, 0.3) is 0 Å². The summed E-state index contributed by atoms with van der Waals surface area (Å²) in [5.74, 6) is 0.774. The van der Waals surface area contributed by atoms with E-state index in [2.05, 4.69) is 23.5 Å². The summed E-state index contributed by atoms with van der Waals surface area (Å²) >= 11 is 0. The molecule has 24 heavy (non-hydrogen) atoms. The molecule has 2 saturated heterocycles. The van der Waals surface area contributed by atoms with Crippen molar-refractivity contribution in [2.75, 3.05) is 33.3 Å². The normalized spacial score (nSPS) is 19.8. The fourth-order valence-electron chi connectivity index (χ4n) is 3.74. The first kappa shape index (κ1) is 19.2. The van der Waals surface area contributed by atoms with Crippen LogP contribution in [0.4, 0.5) is 0 Å². The van der Waals surface area contributed by atoms with Crippen molar-refractivity contribution in [1.29, 1.82) is 0 Å². The Hall–Kier alpha value is -1.10. The molecule has 2 aliphatic heterocycles. The molecule has 5 heteroatoms. The van der Waals surface area contributed by atoms with Crippen LogP contribution in [-0.2, 0) is 4.74 Å². The zero-order valence-electron chi connectivity index (χ0n) is 14.7. The Bertz CT molecular complexity index is 550. The summed E-state index contributed by atoms with van der Waals surface area (Å²) < 4.78 is 5.40. The Morgan fingerprint density at radius 3 is 2.46 bits per heavy atom. The van der Waals surface area contributed by atoms with E-state index in [0.29, 0.717) is 12.0 Å². The van der Waals surface area contributed by atoms with Gasteiger partial charge in [-0.25, -0.2) is 0 Å². The molecule has 134 valence electrons. The molecule has 1 amide bonds. The Kier molecular flexibility index (Phi) is 7.08. The predicted octanol–water partition coefficient (Wildman–Crippen LogP) is 3.13. The van der Waals surface area contributed by atoms with Crippen molar-refractivity contribution in [3.05, 3.63) is 34.9 Å². The third-order valence-electron chi connectivity index (χ3n) is 5.37. The van der Waals surface area contributed by atoms with Gasteiger partial charge in [0.05, 0.1) is 6.10 Å². The number of carbonyl (C=O) groups is 1. The van der Waals surface area contributed by atoms with Gasteiger partial charge < -0.3 is 15.0 Å². The molecule has 2 heterocycles. The molecule has 1 N–H and O–H groups in total. The fourth-order valence-corrected chi connectivity index (χ4v) is 3.74. The van der Waals surface area contributed by atoms with Crippen molar-refractivity contribution in [3.8, 4) is 0 Å². The number of methoxy groups -OCH3 is 1. The summed E-state index contributed by atoms with van der Waals surface area (Å²) in [5.41, 5.74) is 3.30. The number of ether oxygens (including phenoxy) is 1. The first-order valence-corrected chi connectivity index (χ1v) is 8.82. The van der Waals surface area contributed by atoms with E-state index in [4.69, 9.17) is 4.74 Å². The zero-order valence-corrected chi connectivity index (χ0v) is 15.5. The van der Waals surface area contributed by atoms with Crippen LogP contribution in [0.15, 0.2) is 18.2 Å². The van der Waals surface area contributed by atoms with E-state index in [1.54, 1.807) is 7.11 Å². The van der Waals surface area contributed by atoms with Gasteiger partial charge in [0.1, 0.15) is 0 Å². The van der Waals surface area contributed by atoms with E-state index in [0.717, 1.165) is 63.0 Å². The maximum atomic E-state index is 12.9. The van der Waals surface area contributed by atoms with E-state index in [1.165, 1.54) is 5.56 Å². The van der Waals surface area contributed by atoms with Gasteiger partial charge in [-0.2, -0.15) is 0 Å². The molecule has 0 spiro atoms. The molecule has 0 atom stereocenters. The summed E-state index contributed by atoms with van der Waals surface area (Å²) in [6.45, 7) is 5.79.